The molecule has 0 aliphatic heterocycles. The van der Waals surface area contributed by atoms with Crippen LogP contribution in [0.5, 0.6) is 0 Å². The predicted molar refractivity (Wildman–Crippen MR) is 61.2 cm³/mol. The maximum Gasteiger partial charge on any atom is 0.0619 e. The molecular weight excluding hydrogens is 172 g/mol. The SMILES string of the molecule is CC(C)(C)C1CCCC(C(C)(C)O)C1. The summed E-state index contributed by atoms with van der Waals surface area (Å²) in [5, 5.41) is 10.0. The lowest BCUT2D eigenvalue weighted by Crippen LogP contribution is -2.37. The minimum Gasteiger partial charge on any atom is -0.390 e. The average molecular weight is 198 g/mol. The van der Waals surface area contributed by atoms with Gasteiger partial charge in [0, 0.05) is 0 Å². The third-order valence-corrected chi connectivity index (χ3v) is 3.90. The molecule has 0 bridgehead atoms. The van der Waals surface area contributed by atoms with Crippen molar-refractivity contribution in [2.45, 2.75) is 65.9 Å². The lowest BCUT2D eigenvalue weighted by Gasteiger charge is -2.41. The fourth-order valence-corrected chi connectivity index (χ4v) is 2.62. The number of hydrogen-bond acceptors (Lipinski definition) is 1. The highest BCUT2D eigenvalue weighted by Crippen LogP contribution is 2.43. The zero-order valence-corrected chi connectivity index (χ0v) is 10.4. The van der Waals surface area contributed by atoms with Crippen molar-refractivity contribution in [3.8, 4) is 0 Å². The van der Waals surface area contributed by atoms with Crippen LogP contribution in [0.25, 0.3) is 0 Å². The van der Waals surface area contributed by atoms with Gasteiger partial charge in [-0.3, -0.25) is 0 Å². The van der Waals surface area contributed by atoms with E-state index >= 15 is 0 Å². The van der Waals surface area contributed by atoms with Crippen LogP contribution in [0, 0.1) is 17.3 Å². The molecule has 14 heavy (non-hydrogen) atoms. The highest BCUT2D eigenvalue weighted by atomic mass is 16.3. The summed E-state index contributed by atoms with van der Waals surface area (Å²) in [6.07, 6.45) is 5.04. The Kier molecular flexibility index (Phi) is 3.30. The molecule has 1 N–H and O–H groups in total. The molecule has 2 unspecified atom stereocenters. The summed E-state index contributed by atoms with van der Waals surface area (Å²) in [6.45, 7) is 10.9. The molecule has 1 heteroatoms. The molecule has 0 amide bonds. The van der Waals surface area contributed by atoms with Gasteiger partial charge in [0.1, 0.15) is 0 Å². The van der Waals surface area contributed by atoms with Crippen LogP contribution in [0.3, 0.4) is 0 Å². The van der Waals surface area contributed by atoms with Gasteiger partial charge in [0.25, 0.3) is 0 Å². The summed E-state index contributed by atoms with van der Waals surface area (Å²) < 4.78 is 0. The molecule has 1 aliphatic rings. The first-order valence-corrected chi connectivity index (χ1v) is 5.93. The molecule has 0 saturated heterocycles. The van der Waals surface area contributed by atoms with Crippen LogP contribution in [0.4, 0.5) is 0 Å². The summed E-state index contributed by atoms with van der Waals surface area (Å²) in [5.74, 6) is 1.29. The molecule has 1 saturated carbocycles. The van der Waals surface area contributed by atoms with Gasteiger partial charge >= 0.3 is 0 Å². The van der Waals surface area contributed by atoms with Crippen LogP contribution in [0.2, 0.25) is 0 Å². The van der Waals surface area contributed by atoms with Crippen LogP contribution in [0.15, 0.2) is 0 Å². The van der Waals surface area contributed by atoms with E-state index in [0.717, 1.165) is 5.92 Å². The molecule has 0 aromatic rings. The minimum absolute atomic E-state index is 0.407. The maximum absolute atomic E-state index is 10.0. The van der Waals surface area contributed by atoms with Crippen molar-refractivity contribution in [1.29, 1.82) is 0 Å². The van der Waals surface area contributed by atoms with Gasteiger partial charge in [-0.15, -0.1) is 0 Å². The first-order chi connectivity index (χ1) is 6.21. The molecule has 0 heterocycles. The van der Waals surface area contributed by atoms with Gasteiger partial charge in [-0.2, -0.15) is 0 Å². The van der Waals surface area contributed by atoms with Crippen molar-refractivity contribution in [3.05, 3.63) is 0 Å². The van der Waals surface area contributed by atoms with Crippen molar-refractivity contribution in [1.82, 2.24) is 0 Å². The van der Waals surface area contributed by atoms with Crippen LogP contribution in [-0.2, 0) is 0 Å². The second kappa shape index (κ2) is 3.84. The Bertz CT molecular complexity index is 162. The van der Waals surface area contributed by atoms with Gasteiger partial charge in [0.15, 0.2) is 0 Å². The summed E-state index contributed by atoms with van der Waals surface area (Å²) in [5.41, 5.74) is -0.0756. The molecule has 1 aliphatic carbocycles. The third-order valence-electron chi connectivity index (χ3n) is 3.90. The quantitative estimate of drug-likeness (QED) is 0.682. The van der Waals surface area contributed by atoms with Crippen LogP contribution < -0.4 is 0 Å². The number of aliphatic hydroxyl groups is 1. The zero-order chi connectivity index (χ0) is 11.0. The van der Waals surface area contributed by atoms with Crippen molar-refractivity contribution in [2.75, 3.05) is 0 Å². The van der Waals surface area contributed by atoms with E-state index < -0.39 is 5.60 Å². The van der Waals surface area contributed by atoms with E-state index in [4.69, 9.17) is 0 Å². The highest BCUT2D eigenvalue weighted by Gasteiger charge is 2.36. The van der Waals surface area contributed by atoms with E-state index in [1.165, 1.54) is 25.7 Å². The lowest BCUT2D eigenvalue weighted by atomic mass is 9.66. The maximum atomic E-state index is 10.0. The molecule has 1 fully saturated rings. The van der Waals surface area contributed by atoms with Gasteiger partial charge in [-0.05, 0) is 50.4 Å². The van der Waals surface area contributed by atoms with Gasteiger partial charge < -0.3 is 5.11 Å². The first-order valence-electron chi connectivity index (χ1n) is 5.93. The minimum atomic E-state index is -0.482. The fraction of sp³-hybridized carbons (Fsp3) is 1.00. The summed E-state index contributed by atoms with van der Waals surface area (Å²) >= 11 is 0. The Balaban J connectivity index is 2.61. The largest absolute Gasteiger partial charge is 0.390 e. The predicted octanol–water partition coefficient (Wildman–Crippen LogP) is 3.61. The van der Waals surface area contributed by atoms with Crippen LogP contribution in [0.1, 0.15) is 60.3 Å². The van der Waals surface area contributed by atoms with Crippen LogP contribution in [-0.4, -0.2) is 10.7 Å². The topological polar surface area (TPSA) is 20.2 Å². The lowest BCUT2D eigenvalue weighted by molar-refractivity contribution is -0.0225. The van der Waals surface area contributed by atoms with E-state index in [1.807, 2.05) is 13.8 Å². The van der Waals surface area contributed by atoms with Gasteiger partial charge in [0.05, 0.1) is 5.60 Å². The highest BCUT2D eigenvalue weighted by molar-refractivity contribution is 4.87. The van der Waals surface area contributed by atoms with E-state index in [0.29, 0.717) is 11.3 Å². The van der Waals surface area contributed by atoms with E-state index in [2.05, 4.69) is 20.8 Å². The normalized spacial score (nSPS) is 30.4. The van der Waals surface area contributed by atoms with Gasteiger partial charge in [-0.25, -0.2) is 0 Å². The Morgan fingerprint density at radius 1 is 0.929 bits per heavy atom. The molecule has 0 spiro atoms. The smallest absolute Gasteiger partial charge is 0.0619 e. The average Bonchev–Trinajstić information content (AvgIpc) is 2.01. The van der Waals surface area contributed by atoms with Gasteiger partial charge in [0.2, 0.25) is 0 Å². The first kappa shape index (κ1) is 12.0. The molecule has 0 aromatic heterocycles. The van der Waals surface area contributed by atoms with Crippen molar-refractivity contribution >= 4 is 0 Å². The second-order valence-electron chi connectivity index (χ2n) is 6.58. The van der Waals surface area contributed by atoms with E-state index in [1.54, 1.807) is 0 Å². The Morgan fingerprint density at radius 2 is 1.43 bits per heavy atom. The van der Waals surface area contributed by atoms with Gasteiger partial charge in [-0.1, -0.05) is 27.2 Å². The number of hydrogen-bond donors (Lipinski definition) is 1. The summed E-state index contributed by atoms with van der Waals surface area (Å²) in [7, 11) is 0. The van der Waals surface area contributed by atoms with E-state index in [9.17, 15) is 5.11 Å². The molecular formula is C13H26O. The van der Waals surface area contributed by atoms with Crippen molar-refractivity contribution < 1.29 is 5.11 Å². The fourth-order valence-electron chi connectivity index (χ4n) is 2.62. The second-order valence-corrected chi connectivity index (χ2v) is 6.58. The van der Waals surface area contributed by atoms with Crippen LogP contribution >= 0.6 is 0 Å². The number of rotatable bonds is 1. The van der Waals surface area contributed by atoms with E-state index in [-0.39, 0.29) is 0 Å². The molecule has 84 valence electrons. The monoisotopic (exact) mass is 198 g/mol. The molecule has 1 rings (SSSR count). The molecule has 2 atom stereocenters. The Hall–Kier alpha value is -0.0400. The molecule has 0 aromatic carbocycles. The Morgan fingerprint density at radius 3 is 1.86 bits per heavy atom. The zero-order valence-electron chi connectivity index (χ0n) is 10.4. The third kappa shape index (κ3) is 2.98. The summed E-state index contributed by atoms with van der Waals surface area (Å²) in [4.78, 5) is 0. The molecule has 0 radical (unpaired) electrons. The Labute approximate surface area is 88.9 Å². The van der Waals surface area contributed by atoms with Crippen molar-refractivity contribution in [2.24, 2.45) is 17.3 Å². The molecule has 1 nitrogen and oxygen atoms in total. The van der Waals surface area contributed by atoms with Crippen molar-refractivity contribution in [3.63, 3.8) is 0 Å². The standard InChI is InChI=1S/C13H26O/c1-12(2,3)10-7-6-8-11(9-10)13(4,5)14/h10-11,14H,6-9H2,1-5H3. The summed E-state index contributed by atoms with van der Waals surface area (Å²) in [6, 6.07) is 0.